The lowest BCUT2D eigenvalue weighted by Gasteiger charge is -2.37. The minimum Gasteiger partial charge on any atom is -0.368 e. The van der Waals surface area contributed by atoms with Gasteiger partial charge in [0, 0.05) is 52.0 Å². The molecule has 6 nitrogen and oxygen atoms in total. The number of aliphatic imine (C=N–C) groups is 1. The van der Waals surface area contributed by atoms with Crippen molar-refractivity contribution in [2.24, 2.45) is 4.99 Å². The zero-order chi connectivity index (χ0) is 20.5. The maximum atomic E-state index is 12.7. The van der Waals surface area contributed by atoms with Crippen molar-refractivity contribution in [1.29, 1.82) is 0 Å². The van der Waals surface area contributed by atoms with Gasteiger partial charge in [0.25, 0.3) is 0 Å². The molecule has 1 saturated heterocycles. The van der Waals surface area contributed by atoms with Gasteiger partial charge < -0.3 is 20.0 Å². The van der Waals surface area contributed by atoms with E-state index in [9.17, 15) is 4.79 Å². The lowest BCUT2D eigenvalue weighted by Crippen LogP contribution is -2.54. The summed E-state index contributed by atoms with van der Waals surface area (Å²) in [6.45, 7) is 7.22. The Morgan fingerprint density at radius 2 is 1.60 bits per heavy atom. The Morgan fingerprint density at radius 1 is 1.00 bits per heavy atom. The van der Waals surface area contributed by atoms with E-state index >= 15 is 0 Å². The van der Waals surface area contributed by atoms with Gasteiger partial charge in [0.15, 0.2) is 5.96 Å². The molecule has 162 valence electrons. The molecule has 1 fully saturated rings. The van der Waals surface area contributed by atoms with E-state index in [0.717, 1.165) is 37.7 Å². The maximum absolute atomic E-state index is 12.7. The molecule has 1 aliphatic rings. The fourth-order valence-corrected chi connectivity index (χ4v) is 3.59. The van der Waals surface area contributed by atoms with Crippen molar-refractivity contribution in [3.63, 3.8) is 0 Å². The van der Waals surface area contributed by atoms with Gasteiger partial charge in [-0.05, 0) is 24.6 Å². The van der Waals surface area contributed by atoms with E-state index in [1.54, 1.807) is 7.05 Å². The van der Waals surface area contributed by atoms with Crippen molar-refractivity contribution >= 4 is 41.5 Å². The van der Waals surface area contributed by atoms with Crippen LogP contribution in [0.3, 0.4) is 0 Å². The second-order valence-electron chi connectivity index (χ2n) is 7.10. The summed E-state index contributed by atoms with van der Waals surface area (Å²) in [6, 6.07) is 20.6. The topological polar surface area (TPSA) is 51.2 Å². The number of guanidine groups is 1. The monoisotopic (exact) mass is 521 g/mol. The van der Waals surface area contributed by atoms with E-state index < -0.39 is 0 Å². The van der Waals surface area contributed by atoms with E-state index in [-0.39, 0.29) is 36.4 Å². The lowest BCUT2D eigenvalue weighted by atomic mass is 10.2. The number of nitrogens with zero attached hydrogens (tertiary/aromatic N) is 4. The summed E-state index contributed by atoms with van der Waals surface area (Å²) in [5.74, 6) is 0.877. The molecule has 0 bridgehead atoms. The number of benzene rings is 2. The molecule has 0 spiro atoms. The van der Waals surface area contributed by atoms with E-state index in [0.29, 0.717) is 13.1 Å². The van der Waals surface area contributed by atoms with E-state index in [1.807, 2.05) is 36.1 Å². The minimum absolute atomic E-state index is 0. The highest BCUT2D eigenvalue weighted by molar-refractivity contribution is 14.0. The number of rotatable bonds is 6. The van der Waals surface area contributed by atoms with Crippen molar-refractivity contribution in [1.82, 2.24) is 15.1 Å². The quantitative estimate of drug-likeness (QED) is 0.361. The second kappa shape index (κ2) is 12.4. The SMILES string of the molecule is CCN(Cc1ccccc1)C(=O)CNC(=NC)N1CCN(c2ccccc2)CC1.I. The fourth-order valence-electron chi connectivity index (χ4n) is 3.59. The lowest BCUT2D eigenvalue weighted by molar-refractivity contribution is -0.130. The average Bonchev–Trinajstić information content (AvgIpc) is 2.79. The van der Waals surface area contributed by atoms with Gasteiger partial charge in [-0.3, -0.25) is 9.79 Å². The number of para-hydroxylation sites is 1. The largest absolute Gasteiger partial charge is 0.368 e. The van der Waals surface area contributed by atoms with E-state index in [2.05, 4.69) is 56.5 Å². The highest BCUT2D eigenvalue weighted by Gasteiger charge is 2.21. The van der Waals surface area contributed by atoms with Gasteiger partial charge in [-0.15, -0.1) is 24.0 Å². The summed E-state index contributed by atoms with van der Waals surface area (Å²) < 4.78 is 0. The molecule has 2 aromatic carbocycles. The molecule has 2 aromatic rings. The number of likely N-dealkylation sites (N-methyl/N-ethyl adjacent to an activating group) is 1. The molecule has 0 radical (unpaired) electrons. The molecule has 0 aliphatic carbocycles. The zero-order valence-electron chi connectivity index (χ0n) is 17.8. The summed E-state index contributed by atoms with van der Waals surface area (Å²) in [7, 11) is 1.78. The van der Waals surface area contributed by atoms with Crippen molar-refractivity contribution in [2.45, 2.75) is 13.5 Å². The molecular formula is C23H32IN5O. The fraction of sp³-hybridized carbons (Fsp3) is 0.391. The molecule has 1 aliphatic heterocycles. The summed E-state index contributed by atoms with van der Waals surface area (Å²) in [5, 5.41) is 3.26. The van der Waals surface area contributed by atoms with Crippen LogP contribution in [-0.4, -0.2) is 68.0 Å². The third-order valence-corrected chi connectivity index (χ3v) is 5.26. The van der Waals surface area contributed by atoms with Crippen molar-refractivity contribution < 1.29 is 4.79 Å². The molecule has 1 N–H and O–H groups in total. The summed E-state index contributed by atoms with van der Waals surface area (Å²) in [6.07, 6.45) is 0. The summed E-state index contributed by atoms with van der Waals surface area (Å²) >= 11 is 0. The first-order valence-corrected chi connectivity index (χ1v) is 10.3. The third kappa shape index (κ3) is 6.62. The van der Waals surface area contributed by atoms with Gasteiger partial charge in [-0.2, -0.15) is 0 Å². The van der Waals surface area contributed by atoms with Crippen LogP contribution in [-0.2, 0) is 11.3 Å². The number of piperazine rings is 1. The van der Waals surface area contributed by atoms with Crippen LogP contribution in [0, 0.1) is 0 Å². The standard InChI is InChI=1S/C23H31N5O.HI/c1-3-26(19-20-10-6-4-7-11-20)22(29)18-25-23(24-2)28-16-14-27(15-17-28)21-12-8-5-9-13-21;/h4-13H,3,14-19H2,1-2H3,(H,24,25);1H. The van der Waals surface area contributed by atoms with Crippen LogP contribution in [0.15, 0.2) is 65.7 Å². The van der Waals surface area contributed by atoms with Crippen molar-refractivity contribution in [3.8, 4) is 0 Å². The molecule has 1 amide bonds. The minimum atomic E-state index is 0. The first-order chi connectivity index (χ1) is 14.2. The van der Waals surface area contributed by atoms with E-state index in [1.165, 1.54) is 5.69 Å². The van der Waals surface area contributed by atoms with Crippen LogP contribution in [0.1, 0.15) is 12.5 Å². The van der Waals surface area contributed by atoms with Crippen LogP contribution in [0.25, 0.3) is 0 Å². The van der Waals surface area contributed by atoms with Gasteiger partial charge in [-0.1, -0.05) is 48.5 Å². The number of anilines is 1. The number of halogens is 1. The first kappa shape index (κ1) is 24.0. The van der Waals surface area contributed by atoms with Crippen LogP contribution in [0.4, 0.5) is 5.69 Å². The van der Waals surface area contributed by atoms with Crippen molar-refractivity contribution in [3.05, 3.63) is 66.2 Å². The molecule has 7 heteroatoms. The molecule has 0 aromatic heterocycles. The van der Waals surface area contributed by atoms with Gasteiger partial charge in [0.2, 0.25) is 5.91 Å². The zero-order valence-corrected chi connectivity index (χ0v) is 20.2. The Bertz CT molecular complexity index is 792. The first-order valence-electron chi connectivity index (χ1n) is 10.3. The molecule has 1 heterocycles. The highest BCUT2D eigenvalue weighted by atomic mass is 127. The Balaban J connectivity index is 0.00000320. The highest BCUT2D eigenvalue weighted by Crippen LogP contribution is 2.15. The van der Waals surface area contributed by atoms with Crippen LogP contribution in [0.2, 0.25) is 0 Å². The Kier molecular flexibility index (Phi) is 9.93. The number of hydrogen-bond donors (Lipinski definition) is 1. The molecular weight excluding hydrogens is 489 g/mol. The molecule has 3 rings (SSSR count). The molecule has 0 unspecified atom stereocenters. The van der Waals surface area contributed by atoms with Crippen LogP contribution >= 0.6 is 24.0 Å². The number of amides is 1. The van der Waals surface area contributed by atoms with Crippen LogP contribution < -0.4 is 10.2 Å². The number of nitrogens with one attached hydrogen (secondary N) is 1. The number of hydrogen-bond acceptors (Lipinski definition) is 3. The molecule has 0 atom stereocenters. The van der Waals surface area contributed by atoms with Crippen molar-refractivity contribution in [2.75, 3.05) is 51.2 Å². The predicted octanol–water partition coefficient (Wildman–Crippen LogP) is 3.05. The number of carbonyl (C=O) groups is 1. The van der Waals surface area contributed by atoms with Gasteiger partial charge in [0.05, 0.1) is 6.54 Å². The Labute approximate surface area is 197 Å². The number of carbonyl (C=O) groups excluding carboxylic acids is 1. The summed E-state index contributed by atoms with van der Waals surface area (Å²) in [5.41, 5.74) is 2.40. The van der Waals surface area contributed by atoms with Gasteiger partial charge >= 0.3 is 0 Å². The molecule has 0 saturated carbocycles. The van der Waals surface area contributed by atoms with Gasteiger partial charge in [0.1, 0.15) is 0 Å². The summed E-state index contributed by atoms with van der Waals surface area (Å²) in [4.78, 5) is 23.6. The maximum Gasteiger partial charge on any atom is 0.242 e. The Hall–Kier alpha value is -2.29. The predicted molar refractivity (Wildman–Crippen MR) is 135 cm³/mol. The third-order valence-electron chi connectivity index (χ3n) is 5.26. The average molecular weight is 521 g/mol. The smallest absolute Gasteiger partial charge is 0.242 e. The van der Waals surface area contributed by atoms with E-state index in [4.69, 9.17) is 0 Å². The second-order valence-corrected chi connectivity index (χ2v) is 7.10. The van der Waals surface area contributed by atoms with Gasteiger partial charge in [-0.25, -0.2) is 0 Å². The van der Waals surface area contributed by atoms with Crippen LogP contribution in [0.5, 0.6) is 0 Å². The molecule has 30 heavy (non-hydrogen) atoms. The normalized spacial score (nSPS) is 14.1. The Morgan fingerprint density at radius 3 is 2.17 bits per heavy atom.